The molecule has 0 saturated carbocycles. The second kappa shape index (κ2) is 10.1. The van der Waals surface area contributed by atoms with Gasteiger partial charge in [-0.2, -0.15) is 0 Å². The van der Waals surface area contributed by atoms with E-state index in [0.717, 1.165) is 0 Å². The molecule has 0 saturated heterocycles. The Balaban J connectivity index is 1.61. The number of halogens is 4. The SMILES string of the molecule is COc1cc(/C=C2\N=C(c3ccc(Cl)cc3Cl)OC2=O)cc(I)c1OCc1ccccc1F. The van der Waals surface area contributed by atoms with Crippen molar-refractivity contribution in [3.05, 3.63) is 96.4 Å². The number of ether oxygens (including phenoxy) is 3. The second-order valence-corrected chi connectivity index (χ2v) is 8.88. The lowest BCUT2D eigenvalue weighted by molar-refractivity contribution is -0.129. The highest BCUT2D eigenvalue weighted by Crippen LogP contribution is 2.36. The lowest BCUT2D eigenvalue weighted by Gasteiger charge is -2.14. The Kier molecular flexibility index (Phi) is 7.21. The summed E-state index contributed by atoms with van der Waals surface area (Å²) in [6, 6.07) is 14.7. The first kappa shape index (κ1) is 23.5. The number of hydrogen-bond donors (Lipinski definition) is 0. The summed E-state index contributed by atoms with van der Waals surface area (Å²) in [6.07, 6.45) is 1.57. The van der Waals surface area contributed by atoms with E-state index >= 15 is 0 Å². The number of carbonyl (C=O) groups is 1. The third kappa shape index (κ3) is 5.31. The fourth-order valence-electron chi connectivity index (χ4n) is 3.07. The third-order valence-corrected chi connectivity index (χ3v) is 6.02. The Hall–Kier alpha value is -2.62. The molecular weight excluding hydrogens is 583 g/mol. The predicted octanol–water partition coefficient (Wildman–Crippen LogP) is 6.67. The largest absolute Gasteiger partial charge is 0.493 e. The first-order valence-electron chi connectivity index (χ1n) is 9.57. The minimum atomic E-state index is -0.607. The zero-order valence-corrected chi connectivity index (χ0v) is 20.7. The summed E-state index contributed by atoms with van der Waals surface area (Å²) < 4.78 is 31.2. The van der Waals surface area contributed by atoms with E-state index in [2.05, 4.69) is 27.6 Å². The molecule has 0 unspecified atom stereocenters. The molecule has 0 radical (unpaired) electrons. The molecule has 4 rings (SSSR count). The molecule has 1 heterocycles. The molecule has 1 aliphatic rings. The van der Waals surface area contributed by atoms with E-state index in [1.807, 2.05) is 0 Å². The molecule has 0 aliphatic carbocycles. The highest BCUT2D eigenvalue weighted by Gasteiger charge is 2.26. The van der Waals surface area contributed by atoms with E-state index in [0.29, 0.717) is 41.8 Å². The molecule has 168 valence electrons. The van der Waals surface area contributed by atoms with Gasteiger partial charge in [-0.3, -0.25) is 0 Å². The molecule has 1 aliphatic heterocycles. The number of aliphatic imine (C=N–C) groups is 1. The van der Waals surface area contributed by atoms with Crippen molar-refractivity contribution in [3.8, 4) is 11.5 Å². The van der Waals surface area contributed by atoms with Crippen LogP contribution in [0.25, 0.3) is 6.08 Å². The zero-order valence-electron chi connectivity index (χ0n) is 17.1. The second-order valence-electron chi connectivity index (χ2n) is 6.87. The van der Waals surface area contributed by atoms with Gasteiger partial charge in [0.15, 0.2) is 17.2 Å². The highest BCUT2D eigenvalue weighted by atomic mass is 127. The summed E-state index contributed by atoms with van der Waals surface area (Å²) in [4.78, 5) is 16.7. The molecule has 0 bridgehead atoms. The van der Waals surface area contributed by atoms with Crippen molar-refractivity contribution < 1.29 is 23.4 Å². The Labute approximate surface area is 212 Å². The lowest BCUT2D eigenvalue weighted by atomic mass is 10.1. The van der Waals surface area contributed by atoms with E-state index in [-0.39, 0.29) is 24.0 Å². The van der Waals surface area contributed by atoms with Gasteiger partial charge in [-0.15, -0.1) is 0 Å². The van der Waals surface area contributed by atoms with E-state index < -0.39 is 5.97 Å². The summed E-state index contributed by atoms with van der Waals surface area (Å²) >= 11 is 14.2. The van der Waals surface area contributed by atoms with Crippen LogP contribution in [0.15, 0.2) is 65.3 Å². The van der Waals surface area contributed by atoms with E-state index in [1.54, 1.807) is 54.6 Å². The van der Waals surface area contributed by atoms with Crippen molar-refractivity contribution in [2.24, 2.45) is 4.99 Å². The number of hydrogen-bond acceptors (Lipinski definition) is 5. The maximum absolute atomic E-state index is 13.9. The van der Waals surface area contributed by atoms with Crippen LogP contribution >= 0.6 is 45.8 Å². The van der Waals surface area contributed by atoms with Crippen LogP contribution in [-0.4, -0.2) is 19.0 Å². The van der Waals surface area contributed by atoms with Crippen molar-refractivity contribution in [1.29, 1.82) is 0 Å². The monoisotopic (exact) mass is 597 g/mol. The van der Waals surface area contributed by atoms with Crippen LogP contribution in [0.5, 0.6) is 11.5 Å². The van der Waals surface area contributed by atoms with Gasteiger partial charge in [-0.25, -0.2) is 14.2 Å². The van der Waals surface area contributed by atoms with Gasteiger partial charge in [-0.1, -0.05) is 41.4 Å². The number of carbonyl (C=O) groups excluding carboxylic acids is 1. The Morgan fingerprint density at radius 3 is 2.67 bits per heavy atom. The minimum absolute atomic E-state index is 0.0430. The van der Waals surface area contributed by atoms with Crippen LogP contribution in [0, 0.1) is 9.39 Å². The summed E-state index contributed by atoms with van der Waals surface area (Å²) in [7, 11) is 1.50. The molecule has 9 heteroatoms. The molecule has 0 spiro atoms. The first-order chi connectivity index (χ1) is 15.9. The maximum atomic E-state index is 13.9. The van der Waals surface area contributed by atoms with Crippen LogP contribution in [0.2, 0.25) is 10.0 Å². The number of rotatable bonds is 6. The Bertz CT molecular complexity index is 1310. The fourth-order valence-corrected chi connectivity index (χ4v) is 4.34. The Morgan fingerprint density at radius 2 is 1.94 bits per heavy atom. The predicted molar refractivity (Wildman–Crippen MR) is 134 cm³/mol. The number of nitrogens with zero attached hydrogens (tertiary/aromatic N) is 1. The molecule has 0 amide bonds. The van der Waals surface area contributed by atoms with Gasteiger partial charge in [0.1, 0.15) is 12.4 Å². The molecule has 0 N–H and O–H groups in total. The number of esters is 1. The van der Waals surface area contributed by atoms with E-state index in [4.69, 9.17) is 37.4 Å². The van der Waals surface area contributed by atoms with Gasteiger partial charge in [0.05, 0.1) is 21.3 Å². The quantitative estimate of drug-likeness (QED) is 0.181. The summed E-state index contributed by atoms with van der Waals surface area (Å²) in [5, 5.41) is 0.784. The van der Waals surface area contributed by atoms with Gasteiger partial charge in [0.2, 0.25) is 5.90 Å². The fraction of sp³-hybridized carbons (Fsp3) is 0.0833. The van der Waals surface area contributed by atoms with Crippen molar-refractivity contribution >= 4 is 63.7 Å². The smallest absolute Gasteiger partial charge is 0.363 e. The highest BCUT2D eigenvalue weighted by molar-refractivity contribution is 14.1. The van der Waals surface area contributed by atoms with Crippen LogP contribution in [0.4, 0.5) is 4.39 Å². The number of benzene rings is 3. The third-order valence-electron chi connectivity index (χ3n) is 4.67. The minimum Gasteiger partial charge on any atom is -0.493 e. The average molecular weight is 598 g/mol. The van der Waals surface area contributed by atoms with Gasteiger partial charge in [0.25, 0.3) is 0 Å². The Morgan fingerprint density at radius 1 is 1.15 bits per heavy atom. The van der Waals surface area contributed by atoms with Crippen molar-refractivity contribution in [2.75, 3.05) is 7.11 Å². The topological polar surface area (TPSA) is 57.1 Å². The van der Waals surface area contributed by atoms with Gasteiger partial charge in [0, 0.05) is 10.6 Å². The van der Waals surface area contributed by atoms with E-state index in [1.165, 1.54) is 13.2 Å². The van der Waals surface area contributed by atoms with Gasteiger partial charge < -0.3 is 14.2 Å². The maximum Gasteiger partial charge on any atom is 0.363 e. The van der Waals surface area contributed by atoms with Crippen molar-refractivity contribution in [1.82, 2.24) is 0 Å². The molecule has 5 nitrogen and oxygen atoms in total. The van der Waals surface area contributed by atoms with Crippen molar-refractivity contribution in [2.45, 2.75) is 6.61 Å². The standard InChI is InChI=1S/C24H15Cl2FINO4/c1-31-21-10-13(8-19(28)22(21)32-12-14-4-2-3-5-18(14)27)9-20-24(30)33-23(29-20)16-7-6-15(25)11-17(16)26/h2-11H,12H2,1H3/b20-9-. The van der Waals surface area contributed by atoms with Crippen LogP contribution in [0.1, 0.15) is 16.7 Å². The molecular formula is C24H15Cl2FINO4. The molecule has 0 fully saturated rings. The van der Waals surface area contributed by atoms with Crippen LogP contribution in [-0.2, 0) is 16.1 Å². The lowest BCUT2D eigenvalue weighted by Crippen LogP contribution is -2.06. The number of methoxy groups -OCH3 is 1. The molecule has 0 aromatic heterocycles. The summed E-state index contributed by atoms with van der Waals surface area (Å²) in [6.45, 7) is 0.0430. The van der Waals surface area contributed by atoms with Crippen LogP contribution in [0.3, 0.4) is 0 Å². The van der Waals surface area contributed by atoms with Crippen molar-refractivity contribution in [3.63, 3.8) is 0 Å². The summed E-state index contributed by atoms with van der Waals surface area (Å²) in [5.74, 6) is 0.0439. The number of cyclic esters (lactones) is 1. The molecule has 3 aromatic carbocycles. The zero-order chi connectivity index (χ0) is 23.5. The first-order valence-corrected chi connectivity index (χ1v) is 11.4. The molecule has 0 atom stereocenters. The molecule has 3 aromatic rings. The average Bonchev–Trinajstić information content (AvgIpc) is 3.13. The normalized spacial score (nSPS) is 14.3. The van der Waals surface area contributed by atoms with Gasteiger partial charge >= 0.3 is 5.97 Å². The molecule has 33 heavy (non-hydrogen) atoms. The summed E-state index contributed by atoms with van der Waals surface area (Å²) in [5.41, 5.74) is 1.64. The van der Waals surface area contributed by atoms with Crippen LogP contribution < -0.4 is 9.47 Å². The van der Waals surface area contributed by atoms with Gasteiger partial charge in [-0.05, 0) is 70.6 Å². The van der Waals surface area contributed by atoms with E-state index in [9.17, 15) is 9.18 Å².